The molecule has 13 rings (SSSR count). The second-order valence-corrected chi connectivity index (χ2v) is 27.3. The van der Waals surface area contributed by atoms with Gasteiger partial charge in [0.05, 0.1) is 87.7 Å². The molecule has 1 atom stereocenters. The maximum Gasteiger partial charge on any atom is 0.339 e. The van der Waals surface area contributed by atoms with Crippen molar-refractivity contribution in [2.45, 2.75) is 87.5 Å². The van der Waals surface area contributed by atoms with Crippen LogP contribution < -0.4 is 0 Å². The molecule has 0 aliphatic heterocycles. The van der Waals surface area contributed by atoms with Crippen molar-refractivity contribution >= 4 is 136 Å². The number of nitrogens with zero attached hydrogens (tertiary/aromatic N) is 14. The average molecular weight is 1600 g/mol. The van der Waals surface area contributed by atoms with E-state index in [4.69, 9.17) is 18.0 Å². The van der Waals surface area contributed by atoms with Gasteiger partial charge in [-0.05, 0) is 80.3 Å². The highest BCUT2D eigenvalue weighted by atomic mass is 127. The lowest BCUT2D eigenvalue weighted by molar-refractivity contribution is 0.0599. The number of carbonyl (C=O) groups is 3. The lowest BCUT2D eigenvalue weighted by Gasteiger charge is -2.10. The van der Waals surface area contributed by atoms with Gasteiger partial charge in [0.1, 0.15) is 29.1 Å². The largest absolute Gasteiger partial charge is 0.478 e. The number of H-pyrrole nitrogens is 1. The number of methoxy groups -OCH3 is 1. The van der Waals surface area contributed by atoms with Crippen LogP contribution in [-0.2, 0) is 24.0 Å². The number of hydrogen-bond acceptors (Lipinski definition) is 21. The van der Waals surface area contributed by atoms with Crippen LogP contribution in [0.2, 0.25) is 0 Å². The van der Waals surface area contributed by atoms with E-state index < -0.39 is 11.9 Å². The monoisotopic (exact) mass is 1600 g/mol. The summed E-state index contributed by atoms with van der Waals surface area (Å²) in [5.41, 5.74) is 7.31. The molecule has 23 nitrogen and oxygen atoms in total. The first-order valence-corrected chi connectivity index (χ1v) is 34.7. The zero-order valence-electron chi connectivity index (χ0n) is 48.8. The summed E-state index contributed by atoms with van der Waals surface area (Å²) >= 11 is 11.7. The van der Waals surface area contributed by atoms with Gasteiger partial charge in [-0.3, -0.25) is 23.1 Å². The molecule has 1 unspecified atom stereocenters. The van der Waals surface area contributed by atoms with Gasteiger partial charge in [0.15, 0.2) is 5.78 Å². The van der Waals surface area contributed by atoms with Crippen molar-refractivity contribution in [1.29, 1.82) is 0 Å². The van der Waals surface area contributed by atoms with E-state index in [-0.39, 0.29) is 37.0 Å². The highest BCUT2D eigenvalue weighted by Crippen LogP contribution is 2.36. The molecule has 13 aromatic heterocycles. The third-order valence-corrected chi connectivity index (χ3v) is 16.2. The predicted octanol–water partition coefficient (Wildman–Crippen LogP) is 15.4. The molecule has 0 amide bonds. The van der Waals surface area contributed by atoms with E-state index in [1.165, 1.54) is 36.6 Å². The number of carbonyl (C=O) groups excluding carboxylic acids is 2. The van der Waals surface area contributed by atoms with Crippen molar-refractivity contribution < 1.29 is 37.5 Å². The van der Waals surface area contributed by atoms with Gasteiger partial charge < -0.3 is 23.1 Å². The van der Waals surface area contributed by atoms with Crippen LogP contribution in [0.3, 0.4) is 0 Å². The van der Waals surface area contributed by atoms with Crippen LogP contribution >= 0.6 is 102 Å². The summed E-state index contributed by atoms with van der Waals surface area (Å²) in [5, 5.41) is 40.6. The number of carboxylic acid groups (broad SMARTS) is 1. The van der Waals surface area contributed by atoms with Crippen molar-refractivity contribution in [3.63, 3.8) is 0 Å². The minimum Gasteiger partial charge on any atom is -0.478 e. The average Bonchev–Trinajstić information content (AvgIpc) is 1.94. The number of aromatic carboxylic acids is 1. The summed E-state index contributed by atoms with van der Waals surface area (Å²) in [6.45, 7) is 13.9. The van der Waals surface area contributed by atoms with Crippen LogP contribution in [0.1, 0.15) is 117 Å². The highest BCUT2D eigenvalue weighted by molar-refractivity contribution is 14.2. The van der Waals surface area contributed by atoms with E-state index in [1.807, 2.05) is 85.9 Å². The van der Waals surface area contributed by atoms with Crippen LogP contribution in [0.25, 0.3) is 83.0 Å². The van der Waals surface area contributed by atoms with Gasteiger partial charge in [-0.2, -0.15) is 5.10 Å². The Hall–Kier alpha value is -7.47. The number of esters is 1. The van der Waals surface area contributed by atoms with Gasteiger partial charge in [0.25, 0.3) is 17.7 Å². The molecule has 13 heterocycles. The quantitative estimate of drug-likeness (QED) is 0.0417. The van der Waals surface area contributed by atoms with E-state index >= 15 is 0 Å². The molecule has 2 N–H and O–H groups in total. The Kier molecular flexibility index (Phi) is 23.4. The van der Waals surface area contributed by atoms with Crippen molar-refractivity contribution in [1.82, 2.24) is 73.9 Å². The Morgan fingerprint density at radius 3 is 1.29 bits per heavy atom. The smallest absolute Gasteiger partial charge is 0.339 e. The molecular formula is C60H60I3N15O8S3. The second kappa shape index (κ2) is 30.8. The number of ketones is 1. The van der Waals surface area contributed by atoms with E-state index in [9.17, 15) is 19.5 Å². The molecule has 89 heavy (non-hydrogen) atoms. The predicted molar refractivity (Wildman–Crippen MR) is 369 cm³/mol. The number of nitrogens with one attached hydrogen (secondary N) is 1. The van der Waals surface area contributed by atoms with E-state index in [2.05, 4.69) is 154 Å². The fourth-order valence-electron chi connectivity index (χ4n) is 8.96. The number of aromatic amines is 1. The number of thiophene rings is 3. The molecule has 0 fully saturated rings. The van der Waals surface area contributed by atoms with Crippen LogP contribution in [0.15, 0.2) is 111 Å². The maximum atomic E-state index is 13.3. The lowest BCUT2D eigenvalue weighted by atomic mass is 9.99. The van der Waals surface area contributed by atoms with Crippen molar-refractivity contribution in [3.05, 3.63) is 153 Å². The maximum absolute atomic E-state index is 13.3. The fourth-order valence-corrected chi connectivity index (χ4v) is 11.6. The van der Waals surface area contributed by atoms with Gasteiger partial charge in [0.2, 0.25) is 17.7 Å². The highest BCUT2D eigenvalue weighted by Gasteiger charge is 2.25. The lowest BCUT2D eigenvalue weighted by Crippen LogP contribution is -2.08. The van der Waals surface area contributed by atoms with Crippen LogP contribution in [-0.4, -0.2) is 111 Å². The molecule has 29 heteroatoms. The SMILES string of the molecule is C.CCc1nnc(-c2cc(C(=O)CC(C)c3ncn[nH]3)cn3c(-c4ccc(C)s4)cnc23)o1.CCc1nnc(-c2cc(C(=O)O)cn3c(-c4ccc(C)s4)cnc23)o1.CCc1nnc(-c2cc(C(=O)OC)cn3c(-c4ccc(C)s4)cnc23)o1.CI.ICI. The topological polar surface area (TPSA) is 291 Å². The number of halogens is 3. The zero-order chi connectivity index (χ0) is 62.8. The van der Waals surface area contributed by atoms with Crippen LogP contribution in [0.4, 0.5) is 0 Å². The molecule has 0 aliphatic carbocycles. The van der Waals surface area contributed by atoms with E-state index in [0.29, 0.717) is 99.3 Å². The van der Waals surface area contributed by atoms with Gasteiger partial charge in [-0.25, -0.2) is 29.5 Å². The minimum atomic E-state index is -1.03. The molecule has 0 saturated heterocycles. The normalized spacial score (nSPS) is 11.2. The summed E-state index contributed by atoms with van der Waals surface area (Å²) in [6.07, 6.45) is 14.0. The number of carboxylic acids is 1. The van der Waals surface area contributed by atoms with Crippen molar-refractivity contribution in [2.75, 3.05) is 14.5 Å². The summed E-state index contributed by atoms with van der Waals surface area (Å²) in [5.74, 6) is 1.61. The molecule has 0 aromatic carbocycles. The molecular weight excluding hydrogens is 1540 g/mol. The number of pyridine rings is 3. The molecule has 0 radical (unpaired) electrons. The number of fused-ring (bicyclic) bond motifs is 3. The number of aryl methyl sites for hydroxylation is 6. The van der Waals surface area contributed by atoms with Gasteiger partial charge in [0, 0.05) is 70.4 Å². The minimum absolute atomic E-state index is 0. The third-order valence-electron chi connectivity index (χ3n) is 13.2. The Morgan fingerprint density at radius 1 is 0.596 bits per heavy atom. The molecule has 0 bridgehead atoms. The van der Waals surface area contributed by atoms with Crippen LogP contribution in [0, 0.1) is 20.8 Å². The standard InChI is InChI=1S/C22H21N7O2S.C18H16N4O3S.C17H14N4O3S.CH2I2.CH3I.CH4/c1-4-19-26-28-22(31-19)15-8-14(17(30)7-12(2)20-24-11-25-27-20)10-29-16(9-23-21(15)29)18-6-5-13(3)32-18;1-4-15-20-21-17(25-15)12-7-11(18(23)24-3)9-22-13(8-19-16(12)22)14-6-5-10(2)26-14;1-3-14-19-20-16(24-14)11-6-10(17(22)23)8-21-12(7-18-15(11)21)13-5-4-9(2)25-13;2-1-3;1-2;/h5-6,8-12H,4,7H2,1-3H3,(H,24,25,27);5-9H,4H2,1-3H3;4-8H,3H2,1-2H3,(H,22,23);1H2;1H3;1H4. The summed E-state index contributed by atoms with van der Waals surface area (Å²) in [4.78, 5) is 63.4. The van der Waals surface area contributed by atoms with Crippen molar-refractivity contribution in [2.24, 2.45) is 0 Å². The summed E-state index contributed by atoms with van der Waals surface area (Å²) in [7, 11) is 1.35. The Labute approximate surface area is 563 Å². The fraction of sp³-hybridized carbons (Fsp3) is 0.267. The first kappa shape index (κ1) is 67.5. The number of hydrogen-bond donors (Lipinski definition) is 2. The van der Waals surface area contributed by atoms with E-state index in [1.54, 1.807) is 75.3 Å². The molecule has 13 aromatic rings. The molecule has 0 spiro atoms. The van der Waals surface area contributed by atoms with Gasteiger partial charge in [-0.15, -0.1) is 64.6 Å². The third kappa shape index (κ3) is 15.2. The number of ether oxygens (including phenoxy) is 1. The Morgan fingerprint density at radius 2 is 0.966 bits per heavy atom. The van der Waals surface area contributed by atoms with E-state index in [0.717, 1.165) is 31.7 Å². The van der Waals surface area contributed by atoms with Crippen LogP contribution in [0.5, 0.6) is 0 Å². The number of aromatic nitrogens is 15. The Balaban J connectivity index is 0.000000167. The second-order valence-electron chi connectivity index (χ2n) is 19.0. The number of alkyl halides is 3. The summed E-state index contributed by atoms with van der Waals surface area (Å²) < 4.78 is 28.8. The first-order valence-electron chi connectivity index (χ1n) is 27.0. The zero-order valence-corrected chi connectivity index (χ0v) is 57.7. The number of imidazole rings is 3. The molecule has 462 valence electrons. The number of Topliss-reactive ketones (excluding diaryl/α,β-unsaturated/α-hetero) is 1. The van der Waals surface area contributed by atoms with Gasteiger partial charge >= 0.3 is 11.9 Å². The van der Waals surface area contributed by atoms with Crippen molar-refractivity contribution in [3.8, 4) is 66.1 Å². The summed E-state index contributed by atoms with van der Waals surface area (Å²) in [6, 6.07) is 17.2. The number of rotatable bonds is 15. The van der Waals surface area contributed by atoms with Gasteiger partial charge in [-0.1, -0.05) is 103 Å². The first-order chi connectivity index (χ1) is 42.6. The molecule has 0 saturated carbocycles. The Bertz CT molecular complexity index is 4530. The molecule has 0 aliphatic rings.